The first kappa shape index (κ1) is 14.8. The predicted octanol–water partition coefficient (Wildman–Crippen LogP) is 3.76. The Morgan fingerprint density at radius 1 is 1.56 bits per heavy atom. The fraction of sp³-hybridized carbons (Fsp3) is 0.733. The van der Waals surface area contributed by atoms with Crippen LogP contribution in [-0.2, 0) is 4.79 Å². The zero-order valence-corrected chi connectivity index (χ0v) is 11.4. The lowest BCUT2D eigenvalue weighted by Crippen LogP contribution is -2.02. The molecule has 100 valence electrons. The van der Waals surface area contributed by atoms with Crippen molar-refractivity contribution in [3.63, 3.8) is 0 Å². The molecule has 3 nitrogen and oxygen atoms in total. The van der Waals surface area contributed by atoms with Gasteiger partial charge in [0.1, 0.15) is 0 Å². The van der Waals surface area contributed by atoms with E-state index in [9.17, 15) is 4.79 Å². The molecule has 0 aromatic heterocycles. The summed E-state index contributed by atoms with van der Waals surface area (Å²) in [5.74, 6) is -0.311. The standard InChI is InChI=1S/C15H23NO2/c1-3-5-6-11(4-2)7-12(10-16)8-13-9-14(13)15(17)18/h8,11,13-14H,3-7,9H2,1-2H3,(H,17,18)/b12-8-. The van der Waals surface area contributed by atoms with Gasteiger partial charge in [0.05, 0.1) is 12.0 Å². The van der Waals surface area contributed by atoms with Crippen LogP contribution >= 0.6 is 0 Å². The van der Waals surface area contributed by atoms with Crippen LogP contribution in [0, 0.1) is 29.1 Å². The first-order valence-electron chi connectivity index (χ1n) is 6.95. The first-order valence-corrected chi connectivity index (χ1v) is 6.95. The monoisotopic (exact) mass is 249 g/mol. The molecular weight excluding hydrogens is 226 g/mol. The maximum atomic E-state index is 10.7. The van der Waals surface area contributed by atoms with Crippen molar-refractivity contribution in [3.8, 4) is 6.07 Å². The van der Waals surface area contributed by atoms with E-state index in [1.807, 2.05) is 6.08 Å². The van der Waals surface area contributed by atoms with Crippen molar-refractivity contribution in [2.45, 2.75) is 52.4 Å². The lowest BCUT2D eigenvalue weighted by Gasteiger charge is -2.13. The van der Waals surface area contributed by atoms with Crippen molar-refractivity contribution >= 4 is 5.97 Å². The minimum atomic E-state index is -0.730. The molecule has 1 aliphatic rings. The van der Waals surface area contributed by atoms with E-state index in [0.29, 0.717) is 12.3 Å². The average Bonchev–Trinajstić information content (AvgIpc) is 3.12. The molecule has 3 heteroatoms. The lowest BCUT2D eigenvalue weighted by atomic mass is 9.91. The van der Waals surface area contributed by atoms with E-state index in [1.165, 1.54) is 19.3 Å². The van der Waals surface area contributed by atoms with Gasteiger partial charge in [-0.15, -0.1) is 0 Å². The van der Waals surface area contributed by atoms with Crippen LogP contribution in [0.1, 0.15) is 52.4 Å². The quantitative estimate of drug-likeness (QED) is 0.666. The summed E-state index contributed by atoms with van der Waals surface area (Å²) in [4.78, 5) is 10.7. The number of unbranched alkanes of at least 4 members (excludes halogenated alkanes) is 1. The fourth-order valence-electron chi connectivity index (χ4n) is 2.35. The Bertz CT molecular complexity index is 354. The summed E-state index contributed by atoms with van der Waals surface area (Å²) in [7, 11) is 0. The third-order valence-corrected chi connectivity index (χ3v) is 3.77. The Morgan fingerprint density at radius 3 is 2.72 bits per heavy atom. The van der Waals surface area contributed by atoms with Gasteiger partial charge in [0.15, 0.2) is 0 Å². The second-order valence-corrected chi connectivity index (χ2v) is 5.27. The fourth-order valence-corrected chi connectivity index (χ4v) is 2.35. The van der Waals surface area contributed by atoms with E-state index in [2.05, 4.69) is 19.9 Å². The molecule has 0 aromatic carbocycles. The van der Waals surface area contributed by atoms with Crippen LogP contribution in [0.15, 0.2) is 11.6 Å². The van der Waals surface area contributed by atoms with E-state index < -0.39 is 5.97 Å². The molecule has 1 saturated carbocycles. The molecule has 1 rings (SSSR count). The molecule has 0 aliphatic heterocycles. The number of carboxylic acid groups (broad SMARTS) is 1. The van der Waals surface area contributed by atoms with Gasteiger partial charge >= 0.3 is 5.97 Å². The van der Waals surface area contributed by atoms with Gasteiger partial charge in [0.25, 0.3) is 0 Å². The summed E-state index contributed by atoms with van der Waals surface area (Å²) >= 11 is 0. The molecule has 0 aromatic rings. The Labute approximate surface area is 110 Å². The Balaban J connectivity index is 2.49. The summed E-state index contributed by atoms with van der Waals surface area (Å²) in [5.41, 5.74) is 0.784. The van der Waals surface area contributed by atoms with Gasteiger partial charge in [-0.1, -0.05) is 45.6 Å². The van der Waals surface area contributed by atoms with E-state index in [1.54, 1.807) is 0 Å². The molecule has 0 heterocycles. The van der Waals surface area contributed by atoms with Gasteiger partial charge in [0.2, 0.25) is 0 Å². The number of carboxylic acids is 1. The smallest absolute Gasteiger partial charge is 0.307 e. The van der Waals surface area contributed by atoms with Gasteiger partial charge in [-0.25, -0.2) is 0 Å². The number of nitrogens with zero attached hydrogens (tertiary/aromatic N) is 1. The van der Waals surface area contributed by atoms with E-state index in [0.717, 1.165) is 18.4 Å². The molecule has 1 fully saturated rings. The maximum absolute atomic E-state index is 10.7. The molecule has 0 saturated heterocycles. The number of hydrogen-bond acceptors (Lipinski definition) is 2. The molecule has 3 atom stereocenters. The lowest BCUT2D eigenvalue weighted by molar-refractivity contribution is -0.138. The van der Waals surface area contributed by atoms with E-state index >= 15 is 0 Å². The van der Waals surface area contributed by atoms with Gasteiger partial charge < -0.3 is 5.11 Å². The zero-order chi connectivity index (χ0) is 13.5. The predicted molar refractivity (Wildman–Crippen MR) is 70.9 cm³/mol. The molecule has 0 bridgehead atoms. The third kappa shape index (κ3) is 4.52. The topological polar surface area (TPSA) is 61.1 Å². The van der Waals surface area contributed by atoms with Crippen LogP contribution in [0.2, 0.25) is 0 Å². The molecule has 0 radical (unpaired) electrons. The molecule has 0 spiro atoms. The van der Waals surface area contributed by atoms with Crippen molar-refractivity contribution in [2.24, 2.45) is 17.8 Å². The van der Waals surface area contributed by atoms with Crippen LogP contribution in [0.5, 0.6) is 0 Å². The summed E-state index contributed by atoms with van der Waals surface area (Å²) in [5, 5.41) is 18.0. The van der Waals surface area contributed by atoms with Gasteiger partial charge in [-0.2, -0.15) is 5.26 Å². The highest BCUT2D eigenvalue weighted by Gasteiger charge is 2.41. The molecule has 3 unspecified atom stereocenters. The number of aliphatic carboxylic acids is 1. The number of hydrogen-bond donors (Lipinski definition) is 1. The highest BCUT2D eigenvalue weighted by Crippen LogP contribution is 2.41. The third-order valence-electron chi connectivity index (χ3n) is 3.77. The van der Waals surface area contributed by atoms with Crippen molar-refractivity contribution in [1.29, 1.82) is 5.26 Å². The highest BCUT2D eigenvalue weighted by molar-refractivity contribution is 5.74. The van der Waals surface area contributed by atoms with Crippen molar-refractivity contribution in [1.82, 2.24) is 0 Å². The summed E-state index contributed by atoms with van der Waals surface area (Å²) in [6.07, 6.45) is 8.06. The van der Waals surface area contributed by atoms with Crippen molar-refractivity contribution in [3.05, 3.63) is 11.6 Å². The van der Waals surface area contributed by atoms with Gasteiger partial charge in [-0.3, -0.25) is 4.79 Å². The maximum Gasteiger partial charge on any atom is 0.307 e. The molecule has 1 N–H and O–H groups in total. The van der Waals surface area contributed by atoms with Crippen molar-refractivity contribution in [2.75, 3.05) is 0 Å². The number of carbonyl (C=O) groups is 1. The number of nitriles is 1. The van der Waals surface area contributed by atoms with Gasteiger partial charge in [-0.05, 0) is 24.7 Å². The Hall–Kier alpha value is -1.30. The minimum absolute atomic E-state index is 0.0980. The second-order valence-electron chi connectivity index (χ2n) is 5.27. The first-order chi connectivity index (χ1) is 8.62. The largest absolute Gasteiger partial charge is 0.481 e. The minimum Gasteiger partial charge on any atom is -0.481 e. The SMILES string of the molecule is CCCCC(CC)C/C(C#N)=C/C1CC1C(=O)O. The molecule has 18 heavy (non-hydrogen) atoms. The number of rotatable bonds is 8. The molecule has 0 amide bonds. The average molecular weight is 249 g/mol. The second kappa shape index (κ2) is 7.20. The summed E-state index contributed by atoms with van der Waals surface area (Å²) in [6.45, 7) is 4.34. The van der Waals surface area contributed by atoms with Crippen LogP contribution in [0.3, 0.4) is 0 Å². The van der Waals surface area contributed by atoms with Crippen LogP contribution < -0.4 is 0 Å². The van der Waals surface area contributed by atoms with Gasteiger partial charge in [0, 0.05) is 5.57 Å². The molecule has 1 aliphatic carbocycles. The zero-order valence-electron chi connectivity index (χ0n) is 11.4. The highest BCUT2D eigenvalue weighted by atomic mass is 16.4. The normalized spacial score (nSPS) is 24.4. The Kier molecular flexibility index (Phi) is 5.91. The molecular formula is C15H23NO2. The van der Waals surface area contributed by atoms with E-state index in [4.69, 9.17) is 10.4 Å². The number of allylic oxidation sites excluding steroid dienone is 2. The van der Waals surface area contributed by atoms with Crippen LogP contribution in [0.25, 0.3) is 0 Å². The van der Waals surface area contributed by atoms with Crippen LogP contribution in [-0.4, -0.2) is 11.1 Å². The summed E-state index contributed by atoms with van der Waals surface area (Å²) in [6, 6.07) is 2.24. The summed E-state index contributed by atoms with van der Waals surface area (Å²) < 4.78 is 0. The van der Waals surface area contributed by atoms with Crippen molar-refractivity contribution < 1.29 is 9.90 Å². The van der Waals surface area contributed by atoms with E-state index in [-0.39, 0.29) is 11.8 Å². The van der Waals surface area contributed by atoms with Crippen LogP contribution in [0.4, 0.5) is 0 Å². The Morgan fingerprint density at radius 2 is 2.28 bits per heavy atom.